The van der Waals surface area contributed by atoms with Crippen molar-refractivity contribution in [2.45, 2.75) is 154 Å². The van der Waals surface area contributed by atoms with Crippen LogP contribution in [-0.4, -0.2) is 81.1 Å². The van der Waals surface area contributed by atoms with Crippen molar-refractivity contribution in [1.82, 2.24) is 36.1 Å². The van der Waals surface area contributed by atoms with E-state index in [0.29, 0.717) is 24.1 Å². The van der Waals surface area contributed by atoms with Gasteiger partial charge in [-0.25, -0.2) is 9.78 Å². The second-order valence-electron chi connectivity index (χ2n) is 16.2. The molecule has 15 heteroatoms. The highest BCUT2D eigenvalue weighted by Crippen LogP contribution is 2.27. The maximum atomic E-state index is 14.1. The first-order chi connectivity index (χ1) is 27.2. The van der Waals surface area contributed by atoms with Gasteiger partial charge in [0.25, 0.3) is 5.91 Å². The van der Waals surface area contributed by atoms with Crippen molar-refractivity contribution < 1.29 is 38.3 Å². The first kappa shape index (κ1) is 44.6. The summed E-state index contributed by atoms with van der Waals surface area (Å²) in [6.45, 7) is 7.00. The summed E-state index contributed by atoms with van der Waals surface area (Å²) >= 11 is 0. The molecule has 4 rings (SSSR count). The molecule has 2 aliphatic rings. The normalized spacial score (nSPS) is 20.1. The minimum absolute atomic E-state index is 0.00946. The van der Waals surface area contributed by atoms with E-state index in [2.05, 4.69) is 31.6 Å². The van der Waals surface area contributed by atoms with Gasteiger partial charge in [-0.1, -0.05) is 82.2 Å². The molecule has 15 nitrogen and oxygen atoms in total. The van der Waals surface area contributed by atoms with Crippen LogP contribution in [0, 0.1) is 5.92 Å². The monoisotopic (exact) mass is 791 g/mol. The molecular weight excluding hydrogens is 731 g/mol. The predicted octanol–water partition coefficient (Wildman–Crippen LogP) is 3.50. The van der Waals surface area contributed by atoms with Gasteiger partial charge in [0.1, 0.15) is 17.7 Å². The van der Waals surface area contributed by atoms with Crippen LogP contribution < -0.4 is 26.6 Å². The lowest BCUT2D eigenvalue weighted by molar-refractivity contribution is -0.158. The van der Waals surface area contributed by atoms with Gasteiger partial charge >= 0.3 is 5.97 Å². The highest BCUT2D eigenvalue weighted by molar-refractivity contribution is 6.38. The van der Waals surface area contributed by atoms with Gasteiger partial charge in [0.2, 0.25) is 29.4 Å². The molecule has 0 saturated heterocycles. The molecule has 57 heavy (non-hydrogen) atoms. The molecule has 1 unspecified atom stereocenters. The Morgan fingerprint density at radius 2 is 1.60 bits per heavy atom. The zero-order chi connectivity index (χ0) is 41.4. The standard InChI is InChI=1S/C42H61N7O8/c1-5-17-31(37(52)40(55)43-25-34(51)48-36(29-20-13-10-14-21-29)41(56)57-42(2,3)4)45-38(53)32-24-30-26-49(27-44-30)23-16-8-6-7-15-22-33(50)47-35(39(54)46-32)28-18-11-9-12-19-28/h10,13-14,20-21,26-28,31-32,35-36H,5-9,11-12,15-19,22-25H2,1-4H3,(H,43,55)(H,45,53)(H,46,54)(H,47,50)(H,48,51)/t31?,32-,35-,36-/m0/s1. The number of carbonyl (C=O) groups excluding carboxylic acids is 7. The summed E-state index contributed by atoms with van der Waals surface area (Å²) in [5.74, 6) is -4.97. The van der Waals surface area contributed by atoms with Crippen LogP contribution in [0.15, 0.2) is 42.9 Å². The number of esters is 1. The third kappa shape index (κ3) is 14.7. The molecule has 5 amide bonds. The Hall–Kier alpha value is -5.08. The molecule has 2 heterocycles. The molecule has 312 valence electrons. The minimum Gasteiger partial charge on any atom is -0.458 e. The molecule has 0 spiro atoms. The van der Waals surface area contributed by atoms with E-state index in [0.717, 1.165) is 70.8 Å². The number of benzene rings is 1. The van der Waals surface area contributed by atoms with Crippen LogP contribution in [0.2, 0.25) is 0 Å². The molecule has 1 saturated carbocycles. The zero-order valence-electron chi connectivity index (χ0n) is 33.9. The van der Waals surface area contributed by atoms with E-state index >= 15 is 0 Å². The Labute approximate surface area is 335 Å². The van der Waals surface area contributed by atoms with Crippen molar-refractivity contribution >= 4 is 41.3 Å². The number of Topliss-reactive ketones (excluding diaryl/α,β-unsaturated/α-hetero) is 1. The zero-order valence-corrected chi connectivity index (χ0v) is 33.9. The molecule has 1 aliphatic carbocycles. The van der Waals surface area contributed by atoms with Crippen LogP contribution >= 0.6 is 0 Å². The topological polar surface area (TPSA) is 207 Å². The summed E-state index contributed by atoms with van der Waals surface area (Å²) in [4.78, 5) is 98.4. The number of hydrogen-bond donors (Lipinski definition) is 5. The maximum Gasteiger partial charge on any atom is 0.333 e. The number of aryl methyl sites for hydroxylation is 1. The van der Waals surface area contributed by atoms with Gasteiger partial charge in [0, 0.05) is 25.6 Å². The molecule has 1 aliphatic heterocycles. The number of ether oxygens (including phenoxy) is 1. The number of carbonyl (C=O) groups is 7. The van der Waals surface area contributed by atoms with Crippen molar-refractivity contribution in [2.24, 2.45) is 5.92 Å². The van der Waals surface area contributed by atoms with Crippen molar-refractivity contribution in [3.8, 4) is 0 Å². The SMILES string of the molecule is CCCC(NC(=O)[C@@H]1Cc2cn(cn2)CCCCCCCC(=O)N[C@@H](C2CCCCC2)C(=O)N1)C(=O)C(=O)NCC(=O)N[C@H](C(=O)OC(C)(C)C)c1ccccc1. The summed E-state index contributed by atoms with van der Waals surface area (Å²) in [5, 5.41) is 13.4. The first-order valence-electron chi connectivity index (χ1n) is 20.5. The van der Waals surface area contributed by atoms with Crippen molar-refractivity contribution in [3.63, 3.8) is 0 Å². The van der Waals surface area contributed by atoms with Gasteiger partial charge in [-0.15, -0.1) is 0 Å². The lowest BCUT2D eigenvalue weighted by atomic mass is 9.83. The molecule has 0 radical (unpaired) electrons. The van der Waals surface area contributed by atoms with Gasteiger partial charge in [-0.05, 0) is 64.4 Å². The van der Waals surface area contributed by atoms with E-state index in [1.807, 2.05) is 10.8 Å². The van der Waals surface area contributed by atoms with Crippen LogP contribution in [0.5, 0.6) is 0 Å². The Balaban J connectivity index is 1.47. The average molecular weight is 792 g/mol. The molecule has 2 bridgehead atoms. The second kappa shape index (κ2) is 22.0. The third-order valence-electron chi connectivity index (χ3n) is 10.2. The van der Waals surface area contributed by atoms with Gasteiger partial charge in [0.15, 0.2) is 6.04 Å². The number of hydrogen-bond acceptors (Lipinski definition) is 9. The highest BCUT2D eigenvalue weighted by Gasteiger charge is 2.36. The quantitative estimate of drug-likeness (QED) is 0.157. The summed E-state index contributed by atoms with van der Waals surface area (Å²) in [5.41, 5.74) is 0.203. The fourth-order valence-corrected chi connectivity index (χ4v) is 7.27. The van der Waals surface area contributed by atoms with Gasteiger partial charge < -0.3 is 35.9 Å². The first-order valence-corrected chi connectivity index (χ1v) is 20.5. The predicted molar refractivity (Wildman–Crippen MR) is 212 cm³/mol. The molecule has 1 aromatic heterocycles. The Morgan fingerprint density at radius 1 is 0.912 bits per heavy atom. The summed E-state index contributed by atoms with van der Waals surface area (Å²) in [6.07, 6.45) is 13.4. The van der Waals surface area contributed by atoms with Crippen LogP contribution in [0.1, 0.15) is 128 Å². The Morgan fingerprint density at radius 3 is 2.30 bits per heavy atom. The van der Waals surface area contributed by atoms with E-state index in [9.17, 15) is 33.6 Å². The molecule has 4 atom stereocenters. The fourth-order valence-electron chi connectivity index (χ4n) is 7.27. The number of rotatable bonds is 12. The van der Waals surface area contributed by atoms with E-state index in [1.165, 1.54) is 0 Å². The molecular formula is C42H61N7O8. The number of aromatic nitrogens is 2. The summed E-state index contributed by atoms with van der Waals surface area (Å²) in [7, 11) is 0. The molecule has 5 N–H and O–H groups in total. The lowest BCUT2D eigenvalue weighted by Gasteiger charge is -2.31. The van der Waals surface area contributed by atoms with E-state index in [1.54, 1.807) is 64.4 Å². The van der Waals surface area contributed by atoms with Crippen molar-refractivity contribution in [2.75, 3.05) is 6.54 Å². The largest absolute Gasteiger partial charge is 0.458 e. The molecule has 1 aromatic carbocycles. The Bertz CT molecular complexity index is 1680. The third-order valence-corrected chi connectivity index (χ3v) is 10.2. The number of imidazole rings is 1. The van der Waals surface area contributed by atoms with Crippen molar-refractivity contribution in [1.29, 1.82) is 0 Å². The number of nitrogens with zero attached hydrogens (tertiary/aromatic N) is 2. The van der Waals surface area contributed by atoms with E-state index in [-0.39, 0.29) is 24.7 Å². The smallest absolute Gasteiger partial charge is 0.333 e. The van der Waals surface area contributed by atoms with Crippen molar-refractivity contribution in [3.05, 3.63) is 54.1 Å². The summed E-state index contributed by atoms with van der Waals surface area (Å²) in [6, 6.07) is 4.05. The van der Waals surface area contributed by atoms with Crippen LogP contribution in [0.25, 0.3) is 0 Å². The molecule has 2 aromatic rings. The lowest BCUT2D eigenvalue weighted by Crippen LogP contribution is -2.59. The number of nitrogens with one attached hydrogen (secondary N) is 5. The van der Waals surface area contributed by atoms with Crippen LogP contribution in [0.4, 0.5) is 0 Å². The summed E-state index contributed by atoms with van der Waals surface area (Å²) < 4.78 is 7.44. The fraction of sp³-hybridized carbons (Fsp3) is 0.619. The van der Waals surface area contributed by atoms with E-state index in [4.69, 9.17) is 4.74 Å². The van der Waals surface area contributed by atoms with Gasteiger partial charge in [-0.2, -0.15) is 0 Å². The minimum atomic E-state index is -1.27. The van der Waals surface area contributed by atoms with Crippen LogP contribution in [-0.2, 0) is 51.3 Å². The second-order valence-corrected chi connectivity index (χ2v) is 16.2. The number of amides is 5. The molecule has 1 fully saturated rings. The average Bonchev–Trinajstić information content (AvgIpc) is 3.63. The highest BCUT2D eigenvalue weighted by atomic mass is 16.6. The number of fused-ring (bicyclic) bond motifs is 2. The van der Waals surface area contributed by atoms with Gasteiger partial charge in [-0.3, -0.25) is 28.8 Å². The van der Waals surface area contributed by atoms with Crippen LogP contribution in [0.3, 0.4) is 0 Å². The maximum absolute atomic E-state index is 14.1. The van der Waals surface area contributed by atoms with E-state index < -0.39 is 71.7 Å². The van der Waals surface area contributed by atoms with Gasteiger partial charge in [0.05, 0.1) is 24.6 Å². The number of ketones is 1. The Kier molecular flexibility index (Phi) is 17.2.